The number of hydrogen-bond donors (Lipinski definition) is 2. The molecule has 7 nitrogen and oxygen atoms in total. The van der Waals surface area contributed by atoms with Crippen molar-refractivity contribution in [2.24, 2.45) is 5.92 Å². The number of ether oxygens (including phenoxy) is 1. The van der Waals surface area contributed by atoms with E-state index in [1.807, 2.05) is 0 Å². The molecule has 1 aromatic carbocycles. The van der Waals surface area contributed by atoms with Gasteiger partial charge >= 0.3 is 12.1 Å². The number of amides is 1. The molecular formula is C26H27F3N4O3S. The van der Waals surface area contributed by atoms with E-state index in [0.717, 1.165) is 28.0 Å². The van der Waals surface area contributed by atoms with Gasteiger partial charge in [-0.1, -0.05) is 37.3 Å². The van der Waals surface area contributed by atoms with Crippen molar-refractivity contribution >= 4 is 34.0 Å². The summed E-state index contributed by atoms with van der Waals surface area (Å²) < 4.78 is 48.1. The number of hydrogen-bond acceptors (Lipinski definition) is 6. The lowest BCUT2D eigenvalue weighted by atomic mass is 9.88. The number of nitrogens with one attached hydrogen (secondary N) is 2. The van der Waals surface area contributed by atoms with Crippen LogP contribution < -0.4 is 10.6 Å². The molecule has 0 spiro atoms. The van der Waals surface area contributed by atoms with Gasteiger partial charge in [0.05, 0.1) is 18.2 Å². The third-order valence-electron chi connectivity index (χ3n) is 6.84. The molecule has 3 aromatic rings. The minimum absolute atomic E-state index is 0.109. The standard InChI is InChI=1S/C26H27F3N4O3S/c1-3-36-25(35)22-16-10-9-14(2)11-19(16)37-24(22)31-23(34)18-13-21-30-17(15-7-5-4-6-8-15)12-20(26(27,28)29)33(21)32-18/h4-8,13-14,17,20,30H,3,9-12H2,1-2H3,(H,31,34)/t14-,17-,20-/m0/s1. The van der Waals surface area contributed by atoms with Gasteiger partial charge in [-0.2, -0.15) is 18.3 Å². The Morgan fingerprint density at radius 1 is 1.27 bits per heavy atom. The van der Waals surface area contributed by atoms with Gasteiger partial charge < -0.3 is 15.4 Å². The minimum Gasteiger partial charge on any atom is -0.462 e. The number of anilines is 2. The molecule has 0 fully saturated rings. The molecule has 1 aliphatic carbocycles. The molecule has 0 saturated carbocycles. The topological polar surface area (TPSA) is 85.2 Å². The Morgan fingerprint density at radius 2 is 2.03 bits per heavy atom. The van der Waals surface area contributed by atoms with Gasteiger partial charge in [0.1, 0.15) is 10.8 Å². The van der Waals surface area contributed by atoms with Crippen LogP contribution in [0.15, 0.2) is 36.4 Å². The highest BCUT2D eigenvalue weighted by Gasteiger charge is 2.47. The SMILES string of the molecule is CCOC(=O)c1c(NC(=O)c2cc3n(n2)[C@H](C(F)(F)F)C[C@@H](c2ccccc2)N3)sc2c1CC[C@H](C)C2. The average Bonchev–Trinajstić information content (AvgIpc) is 3.44. The number of carbonyl (C=O) groups excluding carboxylic acids is 2. The summed E-state index contributed by atoms with van der Waals surface area (Å²) in [4.78, 5) is 27.0. The first-order chi connectivity index (χ1) is 17.7. The highest BCUT2D eigenvalue weighted by molar-refractivity contribution is 7.17. The fourth-order valence-electron chi connectivity index (χ4n) is 5.01. The van der Waals surface area contributed by atoms with E-state index in [2.05, 4.69) is 22.7 Å². The number of carbonyl (C=O) groups is 2. The maximum atomic E-state index is 14.0. The first-order valence-corrected chi connectivity index (χ1v) is 13.1. The van der Waals surface area contributed by atoms with E-state index in [1.165, 1.54) is 17.4 Å². The van der Waals surface area contributed by atoms with Gasteiger partial charge in [0.25, 0.3) is 5.91 Å². The number of benzene rings is 1. The number of halogens is 3. The van der Waals surface area contributed by atoms with E-state index in [4.69, 9.17) is 4.74 Å². The van der Waals surface area contributed by atoms with E-state index in [0.29, 0.717) is 28.5 Å². The van der Waals surface area contributed by atoms with E-state index < -0.39 is 30.1 Å². The number of alkyl halides is 3. The summed E-state index contributed by atoms with van der Waals surface area (Å²) in [6.07, 6.45) is -2.40. The molecule has 0 radical (unpaired) electrons. The first-order valence-electron chi connectivity index (χ1n) is 12.3. The number of rotatable bonds is 5. The monoisotopic (exact) mass is 532 g/mol. The normalized spacial score (nSPS) is 20.9. The van der Waals surface area contributed by atoms with Crippen molar-refractivity contribution in [3.8, 4) is 0 Å². The zero-order chi connectivity index (χ0) is 26.3. The van der Waals surface area contributed by atoms with Crippen molar-refractivity contribution in [2.75, 3.05) is 17.2 Å². The third kappa shape index (κ3) is 4.96. The molecule has 0 bridgehead atoms. The molecule has 3 heterocycles. The lowest BCUT2D eigenvalue weighted by Gasteiger charge is -2.33. The molecule has 2 aromatic heterocycles. The number of nitrogens with zero attached hydrogens (tertiary/aromatic N) is 2. The largest absolute Gasteiger partial charge is 0.462 e. The number of aromatic nitrogens is 2. The minimum atomic E-state index is -4.55. The summed E-state index contributed by atoms with van der Waals surface area (Å²) in [6.45, 7) is 4.03. The van der Waals surface area contributed by atoms with Crippen molar-refractivity contribution in [1.82, 2.24) is 9.78 Å². The van der Waals surface area contributed by atoms with Crippen LogP contribution in [0.2, 0.25) is 0 Å². The zero-order valence-electron chi connectivity index (χ0n) is 20.4. The Labute approximate surface area is 216 Å². The quantitative estimate of drug-likeness (QED) is 0.385. The Morgan fingerprint density at radius 3 is 2.73 bits per heavy atom. The van der Waals surface area contributed by atoms with Gasteiger partial charge in [0, 0.05) is 17.4 Å². The molecule has 3 atom stereocenters. The molecule has 37 heavy (non-hydrogen) atoms. The Balaban J connectivity index is 1.46. The van der Waals surface area contributed by atoms with E-state index >= 15 is 0 Å². The van der Waals surface area contributed by atoms with Crippen LogP contribution in [0.4, 0.5) is 24.0 Å². The van der Waals surface area contributed by atoms with E-state index in [9.17, 15) is 22.8 Å². The molecule has 11 heteroatoms. The van der Waals surface area contributed by atoms with Crippen molar-refractivity contribution in [2.45, 2.75) is 57.8 Å². The second kappa shape index (κ2) is 9.85. The summed E-state index contributed by atoms with van der Waals surface area (Å²) in [5, 5.41) is 10.2. The van der Waals surface area contributed by atoms with E-state index in [-0.39, 0.29) is 24.5 Å². The van der Waals surface area contributed by atoms with Gasteiger partial charge in [0.15, 0.2) is 11.7 Å². The highest BCUT2D eigenvalue weighted by Crippen LogP contribution is 2.44. The number of fused-ring (bicyclic) bond motifs is 2. The second-order valence-electron chi connectivity index (χ2n) is 9.49. The predicted octanol–water partition coefficient (Wildman–Crippen LogP) is 6.16. The Kier molecular flexibility index (Phi) is 6.74. The van der Waals surface area contributed by atoms with Gasteiger partial charge in [0.2, 0.25) is 0 Å². The molecule has 0 unspecified atom stereocenters. The van der Waals surface area contributed by atoms with Crippen LogP contribution in [-0.2, 0) is 17.6 Å². The van der Waals surface area contributed by atoms with Crippen LogP contribution in [0.25, 0.3) is 0 Å². The smallest absolute Gasteiger partial charge is 0.410 e. The van der Waals surface area contributed by atoms with E-state index in [1.54, 1.807) is 37.3 Å². The van der Waals surface area contributed by atoms with Crippen LogP contribution in [0.5, 0.6) is 0 Å². The van der Waals surface area contributed by atoms with Crippen LogP contribution in [0, 0.1) is 5.92 Å². The Hall–Kier alpha value is -3.34. The fourth-order valence-corrected chi connectivity index (χ4v) is 6.41. The highest BCUT2D eigenvalue weighted by atomic mass is 32.1. The fraction of sp³-hybridized carbons (Fsp3) is 0.423. The second-order valence-corrected chi connectivity index (χ2v) is 10.6. The maximum Gasteiger partial charge on any atom is 0.410 e. The van der Waals surface area contributed by atoms with Crippen molar-refractivity contribution in [1.29, 1.82) is 0 Å². The average molecular weight is 533 g/mol. The zero-order valence-corrected chi connectivity index (χ0v) is 21.2. The summed E-state index contributed by atoms with van der Waals surface area (Å²) in [7, 11) is 0. The van der Waals surface area contributed by atoms with Crippen molar-refractivity contribution in [3.63, 3.8) is 0 Å². The lowest BCUT2D eigenvalue weighted by Crippen LogP contribution is -2.35. The molecule has 0 saturated heterocycles. The molecule has 2 N–H and O–H groups in total. The van der Waals surface area contributed by atoms with Gasteiger partial charge in [-0.3, -0.25) is 4.79 Å². The Bertz CT molecular complexity index is 1320. The predicted molar refractivity (Wildman–Crippen MR) is 134 cm³/mol. The van der Waals surface area contributed by atoms with Crippen molar-refractivity contribution in [3.05, 3.63) is 63.7 Å². The van der Waals surface area contributed by atoms with Crippen LogP contribution >= 0.6 is 11.3 Å². The number of thiophene rings is 1. The van der Waals surface area contributed by atoms with Gasteiger partial charge in [-0.15, -0.1) is 11.3 Å². The maximum absolute atomic E-state index is 14.0. The van der Waals surface area contributed by atoms with Crippen molar-refractivity contribution < 1.29 is 27.5 Å². The lowest BCUT2D eigenvalue weighted by molar-refractivity contribution is -0.173. The number of esters is 1. The molecule has 5 rings (SSSR count). The molecule has 1 amide bonds. The summed E-state index contributed by atoms with van der Waals surface area (Å²) in [5.74, 6) is -0.637. The molecule has 196 valence electrons. The van der Waals surface area contributed by atoms with Crippen LogP contribution in [0.3, 0.4) is 0 Å². The van der Waals surface area contributed by atoms with Crippen LogP contribution in [-0.4, -0.2) is 34.4 Å². The third-order valence-corrected chi connectivity index (χ3v) is 8.01. The first kappa shape index (κ1) is 25.3. The summed E-state index contributed by atoms with van der Waals surface area (Å²) in [5.41, 5.74) is 1.76. The van der Waals surface area contributed by atoms with Crippen LogP contribution in [0.1, 0.15) is 75.6 Å². The van der Waals surface area contributed by atoms with Gasteiger partial charge in [-0.05, 0) is 43.2 Å². The summed E-state index contributed by atoms with van der Waals surface area (Å²) >= 11 is 1.32. The molecule has 2 aliphatic rings. The summed E-state index contributed by atoms with van der Waals surface area (Å²) in [6, 6.07) is 7.72. The molecular weight excluding hydrogens is 505 g/mol. The van der Waals surface area contributed by atoms with Gasteiger partial charge in [-0.25, -0.2) is 9.48 Å². The molecule has 1 aliphatic heterocycles.